The van der Waals surface area contributed by atoms with E-state index in [-0.39, 0.29) is 12.5 Å². The minimum Gasteiger partial charge on any atom is -0.489 e. The third kappa shape index (κ3) is 6.74. The molecule has 3 aromatic rings. The van der Waals surface area contributed by atoms with Crippen LogP contribution in [0.5, 0.6) is 11.5 Å². The minimum atomic E-state index is -0.336. The first-order valence-corrected chi connectivity index (χ1v) is 10.3. The number of ether oxygens (including phenoxy) is 2. The van der Waals surface area contributed by atoms with Crippen molar-refractivity contribution in [3.63, 3.8) is 0 Å². The molecule has 0 aliphatic heterocycles. The predicted molar refractivity (Wildman–Crippen MR) is 122 cm³/mol. The monoisotopic (exact) mass is 466 g/mol. The van der Waals surface area contributed by atoms with Crippen molar-refractivity contribution in [3.05, 3.63) is 93.5 Å². The molecule has 0 unspecified atom stereocenters. The molecule has 0 radical (unpaired) electrons. The standard InChI is InChI=1S/C24H23BrN2O3/c1-17-3-6-20(7-4-17)15-29-21-10-8-19(9-11-21)14-26-27-24(28)16-30-23-12-5-18(2)13-22(23)25/h3-14H,15-16H2,1-2H3,(H,27,28)/b26-14+. The van der Waals surface area contributed by atoms with E-state index in [1.165, 1.54) is 5.56 Å². The van der Waals surface area contributed by atoms with Crippen molar-refractivity contribution in [3.8, 4) is 11.5 Å². The lowest BCUT2D eigenvalue weighted by Crippen LogP contribution is -2.24. The Morgan fingerprint density at radius 2 is 1.67 bits per heavy atom. The fraction of sp³-hybridized carbons (Fsp3) is 0.167. The van der Waals surface area contributed by atoms with Crippen molar-refractivity contribution in [1.82, 2.24) is 5.43 Å². The summed E-state index contributed by atoms with van der Waals surface area (Å²) in [6.07, 6.45) is 1.57. The van der Waals surface area contributed by atoms with E-state index in [0.717, 1.165) is 26.9 Å². The molecule has 30 heavy (non-hydrogen) atoms. The Hall–Kier alpha value is -3.12. The number of carbonyl (C=O) groups excluding carboxylic acids is 1. The highest BCUT2D eigenvalue weighted by atomic mass is 79.9. The summed E-state index contributed by atoms with van der Waals surface area (Å²) in [6, 6.07) is 21.4. The maximum Gasteiger partial charge on any atom is 0.277 e. The van der Waals surface area contributed by atoms with Gasteiger partial charge in [0, 0.05) is 0 Å². The second-order valence-corrected chi connectivity index (χ2v) is 7.71. The van der Waals surface area contributed by atoms with Gasteiger partial charge in [0.2, 0.25) is 0 Å². The topological polar surface area (TPSA) is 59.9 Å². The molecular formula is C24H23BrN2O3. The number of amides is 1. The molecule has 0 heterocycles. The van der Waals surface area contributed by atoms with Gasteiger partial charge in [-0.3, -0.25) is 4.79 Å². The van der Waals surface area contributed by atoms with Gasteiger partial charge in [0.25, 0.3) is 5.91 Å². The number of halogens is 1. The second-order valence-electron chi connectivity index (χ2n) is 6.86. The van der Waals surface area contributed by atoms with Crippen LogP contribution in [0.25, 0.3) is 0 Å². The second kappa shape index (κ2) is 10.6. The minimum absolute atomic E-state index is 0.120. The average molecular weight is 467 g/mol. The third-order valence-electron chi connectivity index (χ3n) is 4.26. The zero-order valence-corrected chi connectivity index (χ0v) is 18.5. The van der Waals surface area contributed by atoms with Gasteiger partial charge in [0.05, 0.1) is 10.7 Å². The van der Waals surface area contributed by atoms with Crippen LogP contribution in [0.1, 0.15) is 22.3 Å². The molecule has 0 saturated heterocycles. The van der Waals surface area contributed by atoms with Gasteiger partial charge in [0.1, 0.15) is 18.1 Å². The normalized spacial score (nSPS) is 10.8. The zero-order chi connectivity index (χ0) is 21.3. The molecule has 1 amide bonds. The third-order valence-corrected chi connectivity index (χ3v) is 4.87. The Morgan fingerprint density at radius 1 is 0.967 bits per heavy atom. The lowest BCUT2D eigenvalue weighted by Gasteiger charge is -2.08. The molecule has 0 fully saturated rings. The first-order chi connectivity index (χ1) is 14.5. The van der Waals surface area contributed by atoms with Gasteiger partial charge in [0.15, 0.2) is 6.61 Å². The summed E-state index contributed by atoms with van der Waals surface area (Å²) < 4.78 is 12.1. The van der Waals surface area contributed by atoms with Crippen LogP contribution < -0.4 is 14.9 Å². The van der Waals surface area contributed by atoms with Crippen molar-refractivity contribution < 1.29 is 14.3 Å². The number of hydrazone groups is 1. The van der Waals surface area contributed by atoms with Crippen LogP contribution in [0.15, 0.2) is 76.3 Å². The van der Waals surface area contributed by atoms with Crippen molar-refractivity contribution in [2.24, 2.45) is 5.10 Å². The van der Waals surface area contributed by atoms with E-state index < -0.39 is 0 Å². The summed E-state index contributed by atoms with van der Waals surface area (Å²) in [7, 11) is 0. The summed E-state index contributed by atoms with van der Waals surface area (Å²) in [5.41, 5.74) is 6.76. The Bertz CT molecular complexity index is 1020. The first kappa shape index (κ1) is 21.6. The summed E-state index contributed by atoms with van der Waals surface area (Å²) in [4.78, 5) is 11.9. The van der Waals surface area contributed by atoms with Crippen LogP contribution in [0.2, 0.25) is 0 Å². The van der Waals surface area contributed by atoms with Crippen molar-refractivity contribution in [2.75, 3.05) is 6.61 Å². The van der Waals surface area contributed by atoms with Crippen LogP contribution in [-0.2, 0) is 11.4 Å². The van der Waals surface area contributed by atoms with E-state index in [1.807, 2.05) is 49.4 Å². The van der Waals surface area contributed by atoms with E-state index in [0.29, 0.717) is 12.4 Å². The number of nitrogens with one attached hydrogen (secondary N) is 1. The largest absolute Gasteiger partial charge is 0.489 e. The summed E-state index contributed by atoms with van der Waals surface area (Å²) >= 11 is 3.42. The molecule has 3 rings (SSSR count). The molecule has 0 bridgehead atoms. The van der Waals surface area contributed by atoms with Crippen LogP contribution in [0.3, 0.4) is 0 Å². The molecule has 0 aliphatic carbocycles. The summed E-state index contributed by atoms with van der Waals surface area (Å²) in [5.74, 6) is 1.05. The number of hydrogen-bond donors (Lipinski definition) is 1. The first-order valence-electron chi connectivity index (χ1n) is 9.49. The highest BCUT2D eigenvalue weighted by molar-refractivity contribution is 9.10. The SMILES string of the molecule is Cc1ccc(COc2ccc(/C=N/NC(=O)COc3ccc(C)cc3Br)cc2)cc1. The maximum absolute atomic E-state index is 11.9. The van der Waals surface area contributed by atoms with E-state index in [1.54, 1.807) is 6.21 Å². The fourth-order valence-electron chi connectivity index (χ4n) is 2.58. The van der Waals surface area contributed by atoms with Crippen LogP contribution in [-0.4, -0.2) is 18.7 Å². The predicted octanol–water partition coefficient (Wildman–Crippen LogP) is 5.17. The van der Waals surface area contributed by atoms with Gasteiger partial charge in [-0.25, -0.2) is 5.43 Å². The molecule has 0 saturated carbocycles. The summed E-state index contributed by atoms with van der Waals surface area (Å²) in [5, 5.41) is 3.96. The molecule has 0 aliphatic rings. The van der Waals surface area contributed by atoms with Gasteiger partial charge in [-0.15, -0.1) is 0 Å². The Morgan fingerprint density at radius 3 is 2.37 bits per heavy atom. The van der Waals surface area contributed by atoms with Gasteiger partial charge in [-0.05, 0) is 82.9 Å². The highest BCUT2D eigenvalue weighted by Gasteiger charge is 2.05. The molecule has 154 valence electrons. The lowest BCUT2D eigenvalue weighted by atomic mass is 10.2. The van der Waals surface area contributed by atoms with Gasteiger partial charge >= 0.3 is 0 Å². The van der Waals surface area contributed by atoms with Crippen molar-refractivity contribution in [2.45, 2.75) is 20.5 Å². The van der Waals surface area contributed by atoms with Crippen LogP contribution in [0, 0.1) is 13.8 Å². The van der Waals surface area contributed by atoms with Crippen molar-refractivity contribution >= 4 is 28.1 Å². The van der Waals surface area contributed by atoms with Crippen LogP contribution >= 0.6 is 15.9 Å². The zero-order valence-electron chi connectivity index (χ0n) is 16.9. The molecule has 6 heteroatoms. The molecular weight excluding hydrogens is 444 g/mol. The van der Waals surface area contributed by atoms with Crippen molar-refractivity contribution in [1.29, 1.82) is 0 Å². The molecule has 0 spiro atoms. The molecule has 1 N–H and O–H groups in total. The fourth-order valence-corrected chi connectivity index (χ4v) is 3.19. The number of aryl methyl sites for hydroxylation is 2. The van der Waals surface area contributed by atoms with Gasteiger partial charge < -0.3 is 9.47 Å². The Labute approximate surface area is 184 Å². The van der Waals surface area contributed by atoms with E-state index in [2.05, 4.69) is 57.6 Å². The lowest BCUT2D eigenvalue weighted by molar-refractivity contribution is -0.123. The molecule has 0 atom stereocenters. The van der Waals surface area contributed by atoms with Gasteiger partial charge in [-0.1, -0.05) is 35.9 Å². The smallest absolute Gasteiger partial charge is 0.277 e. The number of nitrogens with zero attached hydrogens (tertiary/aromatic N) is 1. The Balaban J connectivity index is 1.43. The van der Waals surface area contributed by atoms with E-state index in [4.69, 9.17) is 9.47 Å². The van der Waals surface area contributed by atoms with E-state index >= 15 is 0 Å². The molecule has 0 aromatic heterocycles. The number of benzene rings is 3. The van der Waals surface area contributed by atoms with Gasteiger partial charge in [-0.2, -0.15) is 5.10 Å². The summed E-state index contributed by atoms with van der Waals surface area (Å²) in [6.45, 7) is 4.44. The molecule has 3 aromatic carbocycles. The average Bonchev–Trinajstić information content (AvgIpc) is 2.74. The maximum atomic E-state index is 11.9. The quantitative estimate of drug-likeness (QED) is 0.367. The number of hydrogen-bond acceptors (Lipinski definition) is 4. The van der Waals surface area contributed by atoms with Crippen LogP contribution in [0.4, 0.5) is 0 Å². The Kier molecular flexibility index (Phi) is 7.63. The number of rotatable bonds is 8. The molecule has 5 nitrogen and oxygen atoms in total. The highest BCUT2D eigenvalue weighted by Crippen LogP contribution is 2.25. The number of carbonyl (C=O) groups is 1. The van der Waals surface area contributed by atoms with E-state index in [9.17, 15) is 4.79 Å².